The van der Waals surface area contributed by atoms with Gasteiger partial charge in [-0.15, -0.1) is 0 Å². The summed E-state index contributed by atoms with van der Waals surface area (Å²) in [5.41, 5.74) is 0.301. The summed E-state index contributed by atoms with van der Waals surface area (Å²) in [6, 6.07) is 11.4. The van der Waals surface area contributed by atoms with Crippen molar-refractivity contribution < 1.29 is 27.5 Å². The molecular formula is C23H26F3N3O3. The molecule has 0 aliphatic carbocycles. The molecule has 0 radical (unpaired) electrons. The first kappa shape index (κ1) is 23.6. The van der Waals surface area contributed by atoms with Crippen LogP contribution in [0.1, 0.15) is 29.8 Å². The summed E-state index contributed by atoms with van der Waals surface area (Å²) in [4.78, 5) is 28.5. The average molecular weight is 449 g/mol. The van der Waals surface area contributed by atoms with Crippen LogP contribution in [0.3, 0.4) is 0 Å². The molecule has 2 aromatic rings. The van der Waals surface area contributed by atoms with Crippen LogP contribution in [0.25, 0.3) is 0 Å². The van der Waals surface area contributed by atoms with Crippen molar-refractivity contribution in [2.75, 3.05) is 37.0 Å². The van der Waals surface area contributed by atoms with Gasteiger partial charge in [0.05, 0.1) is 30.0 Å². The molecule has 1 aliphatic rings. The number of hydrogen-bond donors (Lipinski definition) is 1. The number of hydrogen-bond acceptors (Lipinski definition) is 5. The Morgan fingerprint density at radius 1 is 1.09 bits per heavy atom. The van der Waals surface area contributed by atoms with Gasteiger partial charge in [-0.1, -0.05) is 12.1 Å². The van der Waals surface area contributed by atoms with Gasteiger partial charge in [0.1, 0.15) is 0 Å². The van der Waals surface area contributed by atoms with E-state index in [9.17, 15) is 22.8 Å². The standard InChI is InChI=1S/C23H26F3N3O3/c1-15-14-28(18-10-8-17(9-11-18)22(31)32-3)12-13-29(15)16(2)21(30)27-20-7-5-4-6-19(20)23(24,25)26/h4-11,15-16H,12-14H2,1-3H3,(H,27,30). The summed E-state index contributed by atoms with van der Waals surface area (Å²) in [5.74, 6) is -0.883. The van der Waals surface area contributed by atoms with Crippen LogP contribution in [-0.4, -0.2) is 55.6 Å². The number of carbonyl (C=O) groups excluding carboxylic acids is 2. The SMILES string of the molecule is COC(=O)c1ccc(N2CCN(C(C)C(=O)Nc3ccccc3C(F)(F)F)C(C)C2)cc1. The first-order valence-corrected chi connectivity index (χ1v) is 10.3. The van der Waals surface area contributed by atoms with Crippen molar-refractivity contribution in [3.63, 3.8) is 0 Å². The Kier molecular flexibility index (Phi) is 7.08. The topological polar surface area (TPSA) is 61.9 Å². The number of halogens is 3. The number of amides is 1. The molecule has 2 aromatic carbocycles. The number of carbonyl (C=O) groups is 2. The molecule has 3 rings (SSSR count). The highest BCUT2D eigenvalue weighted by Crippen LogP contribution is 2.34. The molecule has 1 saturated heterocycles. The molecule has 2 unspecified atom stereocenters. The Morgan fingerprint density at radius 2 is 1.75 bits per heavy atom. The first-order chi connectivity index (χ1) is 15.1. The van der Waals surface area contributed by atoms with E-state index < -0.39 is 29.7 Å². The maximum Gasteiger partial charge on any atom is 0.418 e. The Balaban J connectivity index is 1.64. The lowest BCUT2D eigenvalue weighted by Crippen LogP contribution is -2.57. The van der Waals surface area contributed by atoms with Crippen molar-refractivity contribution in [3.8, 4) is 0 Å². The highest BCUT2D eigenvalue weighted by molar-refractivity contribution is 5.95. The van der Waals surface area contributed by atoms with Crippen molar-refractivity contribution >= 4 is 23.3 Å². The normalized spacial score (nSPS) is 18.2. The van der Waals surface area contributed by atoms with Crippen LogP contribution in [0.4, 0.5) is 24.5 Å². The van der Waals surface area contributed by atoms with Gasteiger partial charge in [0.25, 0.3) is 0 Å². The van der Waals surface area contributed by atoms with E-state index in [4.69, 9.17) is 4.74 Å². The van der Waals surface area contributed by atoms with Gasteiger partial charge in [-0.05, 0) is 50.2 Å². The van der Waals surface area contributed by atoms with E-state index >= 15 is 0 Å². The molecule has 1 aliphatic heterocycles. The molecule has 1 heterocycles. The van der Waals surface area contributed by atoms with Crippen molar-refractivity contribution in [2.24, 2.45) is 0 Å². The minimum absolute atomic E-state index is 0.0114. The fourth-order valence-corrected chi connectivity index (χ4v) is 3.93. The fraction of sp³-hybridized carbons (Fsp3) is 0.391. The fourth-order valence-electron chi connectivity index (χ4n) is 3.93. The van der Waals surface area contributed by atoms with Crippen LogP contribution in [0.15, 0.2) is 48.5 Å². The summed E-state index contributed by atoms with van der Waals surface area (Å²) in [7, 11) is 1.33. The molecular weight excluding hydrogens is 423 g/mol. The van der Waals surface area contributed by atoms with Crippen molar-refractivity contribution in [3.05, 3.63) is 59.7 Å². The number of esters is 1. The van der Waals surface area contributed by atoms with Gasteiger partial charge in [0, 0.05) is 31.4 Å². The molecule has 32 heavy (non-hydrogen) atoms. The van der Waals surface area contributed by atoms with Crippen LogP contribution >= 0.6 is 0 Å². The third-order valence-electron chi connectivity index (χ3n) is 5.70. The number of benzene rings is 2. The number of para-hydroxylation sites is 1. The molecule has 0 saturated carbocycles. The second-order valence-corrected chi connectivity index (χ2v) is 7.78. The number of rotatable bonds is 5. The Bertz CT molecular complexity index is 963. The molecule has 1 amide bonds. The smallest absolute Gasteiger partial charge is 0.418 e. The predicted molar refractivity (Wildman–Crippen MR) is 116 cm³/mol. The number of methoxy groups -OCH3 is 1. The van der Waals surface area contributed by atoms with E-state index in [1.54, 1.807) is 19.1 Å². The lowest BCUT2D eigenvalue weighted by Gasteiger charge is -2.43. The highest BCUT2D eigenvalue weighted by atomic mass is 19.4. The molecule has 0 aromatic heterocycles. The van der Waals surface area contributed by atoms with E-state index in [-0.39, 0.29) is 11.7 Å². The number of nitrogens with zero attached hydrogens (tertiary/aromatic N) is 2. The number of nitrogens with one attached hydrogen (secondary N) is 1. The number of piperazine rings is 1. The highest BCUT2D eigenvalue weighted by Gasteiger charge is 2.35. The van der Waals surface area contributed by atoms with Gasteiger partial charge in [-0.3, -0.25) is 9.69 Å². The lowest BCUT2D eigenvalue weighted by molar-refractivity contribution is -0.137. The third kappa shape index (κ3) is 5.21. The zero-order chi connectivity index (χ0) is 23.5. The van der Waals surface area contributed by atoms with E-state index in [1.165, 1.54) is 25.3 Å². The van der Waals surface area contributed by atoms with E-state index in [0.29, 0.717) is 25.2 Å². The van der Waals surface area contributed by atoms with Crippen LogP contribution in [0.5, 0.6) is 0 Å². The number of alkyl halides is 3. The van der Waals surface area contributed by atoms with Gasteiger partial charge in [0.15, 0.2) is 0 Å². The van der Waals surface area contributed by atoms with E-state index in [2.05, 4.69) is 10.2 Å². The maximum atomic E-state index is 13.2. The van der Waals surface area contributed by atoms with Crippen molar-refractivity contribution in [2.45, 2.75) is 32.1 Å². The second-order valence-electron chi connectivity index (χ2n) is 7.78. The molecule has 6 nitrogen and oxygen atoms in total. The van der Waals surface area contributed by atoms with Crippen LogP contribution in [-0.2, 0) is 15.7 Å². The van der Waals surface area contributed by atoms with E-state index in [1.807, 2.05) is 24.0 Å². The lowest BCUT2D eigenvalue weighted by atomic mass is 10.1. The van der Waals surface area contributed by atoms with Gasteiger partial charge in [0.2, 0.25) is 5.91 Å². The second kappa shape index (κ2) is 9.60. The summed E-state index contributed by atoms with van der Waals surface area (Å²) in [6.45, 7) is 5.51. The molecule has 0 spiro atoms. The Morgan fingerprint density at radius 3 is 2.34 bits per heavy atom. The summed E-state index contributed by atoms with van der Waals surface area (Å²) >= 11 is 0. The zero-order valence-corrected chi connectivity index (χ0v) is 18.1. The average Bonchev–Trinajstić information content (AvgIpc) is 2.77. The maximum absolute atomic E-state index is 13.2. The van der Waals surface area contributed by atoms with Crippen molar-refractivity contribution in [1.29, 1.82) is 0 Å². The van der Waals surface area contributed by atoms with Gasteiger partial charge in [-0.25, -0.2) is 4.79 Å². The largest absolute Gasteiger partial charge is 0.465 e. The monoisotopic (exact) mass is 449 g/mol. The molecule has 172 valence electrons. The van der Waals surface area contributed by atoms with Crippen molar-refractivity contribution in [1.82, 2.24) is 4.90 Å². The molecule has 0 bridgehead atoms. The van der Waals surface area contributed by atoms with Gasteiger partial charge >= 0.3 is 12.1 Å². The summed E-state index contributed by atoms with van der Waals surface area (Å²) in [5, 5.41) is 2.44. The molecule has 2 atom stereocenters. The molecule has 9 heteroatoms. The van der Waals surface area contributed by atoms with E-state index in [0.717, 1.165) is 11.8 Å². The quantitative estimate of drug-likeness (QED) is 0.699. The first-order valence-electron chi connectivity index (χ1n) is 10.3. The summed E-state index contributed by atoms with van der Waals surface area (Å²) in [6.07, 6.45) is -4.55. The minimum atomic E-state index is -4.55. The molecule has 1 N–H and O–H groups in total. The Labute approximate surface area is 184 Å². The summed E-state index contributed by atoms with van der Waals surface area (Å²) < 4.78 is 44.4. The Hall–Kier alpha value is -3.07. The minimum Gasteiger partial charge on any atom is -0.465 e. The van der Waals surface area contributed by atoms with Crippen LogP contribution < -0.4 is 10.2 Å². The van der Waals surface area contributed by atoms with Gasteiger partial charge < -0.3 is 15.0 Å². The third-order valence-corrected chi connectivity index (χ3v) is 5.70. The van der Waals surface area contributed by atoms with Crippen LogP contribution in [0.2, 0.25) is 0 Å². The van der Waals surface area contributed by atoms with Gasteiger partial charge in [-0.2, -0.15) is 13.2 Å². The molecule has 1 fully saturated rings. The predicted octanol–water partition coefficient (Wildman–Crippen LogP) is 4.03. The number of anilines is 2. The zero-order valence-electron chi connectivity index (χ0n) is 18.1. The number of ether oxygens (including phenoxy) is 1. The van der Waals surface area contributed by atoms with Crippen LogP contribution in [0, 0.1) is 0 Å².